The number of allylic oxidation sites excluding steroid dienone is 1. The minimum atomic E-state index is -0.405. The summed E-state index contributed by atoms with van der Waals surface area (Å²) in [6, 6.07) is 0. The zero-order valence-electron chi connectivity index (χ0n) is 13.6. The average molecular weight is 334 g/mol. The van der Waals surface area contributed by atoms with E-state index in [1.165, 1.54) is 51.9 Å². The molecule has 0 amide bonds. The van der Waals surface area contributed by atoms with E-state index in [0.717, 1.165) is 16.7 Å². The molecule has 23 heavy (non-hydrogen) atoms. The first kappa shape index (κ1) is 15.3. The smallest absolute Gasteiger partial charge is 0.339 e. The fourth-order valence-corrected chi connectivity index (χ4v) is 6.72. The second-order valence-corrected chi connectivity index (χ2v) is 8.20. The second kappa shape index (κ2) is 5.69. The molecule has 0 atom stereocenters. The van der Waals surface area contributed by atoms with Crippen molar-refractivity contribution >= 4 is 23.7 Å². The average Bonchev–Trinajstić information content (AvgIpc) is 2.97. The summed E-state index contributed by atoms with van der Waals surface area (Å²) in [7, 11) is 2.75. The standard InChI is InChI=1S/C18H22O4S/c1-21-17(19)13-8-23-16(15(13)18(20)22-2)14-11-4-9-3-10(6-11)7-12(14)5-9/h9-12H,3-8H2,1-2H3. The lowest BCUT2D eigenvalue weighted by atomic mass is 9.54. The van der Waals surface area contributed by atoms with Crippen LogP contribution in [0.15, 0.2) is 21.6 Å². The van der Waals surface area contributed by atoms with Gasteiger partial charge in [0.05, 0.1) is 25.4 Å². The molecule has 0 spiro atoms. The van der Waals surface area contributed by atoms with Crippen LogP contribution in [0.5, 0.6) is 0 Å². The fraction of sp³-hybridized carbons (Fsp3) is 0.667. The second-order valence-electron chi connectivity index (χ2n) is 7.21. The summed E-state index contributed by atoms with van der Waals surface area (Å²) in [6.45, 7) is 0. The molecule has 4 aliphatic carbocycles. The largest absolute Gasteiger partial charge is 0.466 e. The molecule has 0 saturated heterocycles. The number of thioether (sulfide) groups is 1. The van der Waals surface area contributed by atoms with Gasteiger partial charge in [-0.25, -0.2) is 9.59 Å². The van der Waals surface area contributed by atoms with Crippen molar-refractivity contribution < 1.29 is 19.1 Å². The summed E-state index contributed by atoms with van der Waals surface area (Å²) in [5, 5.41) is 0. The molecular weight excluding hydrogens is 312 g/mol. The summed E-state index contributed by atoms with van der Waals surface area (Å²) in [6.07, 6.45) is 6.43. The van der Waals surface area contributed by atoms with Crippen LogP contribution in [0, 0.1) is 23.7 Å². The van der Waals surface area contributed by atoms with Gasteiger partial charge in [0.15, 0.2) is 0 Å². The third-order valence-electron chi connectivity index (χ3n) is 5.99. The van der Waals surface area contributed by atoms with Crippen molar-refractivity contribution in [2.75, 3.05) is 20.0 Å². The number of carbonyl (C=O) groups is 2. The Kier molecular flexibility index (Phi) is 3.79. The van der Waals surface area contributed by atoms with E-state index in [1.54, 1.807) is 11.8 Å². The zero-order chi connectivity index (χ0) is 16.1. The molecule has 0 aromatic heterocycles. The van der Waals surface area contributed by atoms with Crippen molar-refractivity contribution in [3.63, 3.8) is 0 Å². The number of rotatable bonds is 2. The highest BCUT2D eigenvalue weighted by Crippen LogP contribution is 2.59. The Bertz CT molecular complexity index is 601. The molecule has 4 saturated carbocycles. The Hall–Kier alpha value is -1.23. The van der Waals surface area contributed by atoms with E-state index in [9.17, 15) is 9.59 Å². The van der Waals surface area contributed by atoms with Gasteiger partial charge in [0.2, 0.25) is 0 Å². The fourth-order valence-electron chi connectivity index (χ4n) is 5.32. The van der Waals surface area contributed by atoms with Crippen LogP contribution in [-0.2, 0) is 19.1 Å². The van der Waals surface area contributed by atoms with E-state index in [2.05, 4.69) is 0 Å². The van der Waals surface area contributed by atoms with Gasteiger partial charge < -0.3 is 9.47 Å². The highest BCUT2D eigenvalue weighted by atomic mass is 32.2. The summed E-state index contributed by atoms with van der Waals surface area (Å²) in [5.74, 6) is 2.67. The van der Waals surface area contributed by atoms with E-state index in [0.29, 0.717) is 28.7 Å². The first-order valence-electron chi connectivity index (χ1n) is 8.39. The molecular formula is C18H22O4S. The molecule has 124 valence electrons. The zero-order valence-corrected chi connectivity index (χ0v) is 14.4. The van der Waals surface area contributed by atoms with Gasteiger partial charge in [-0.1, -0.05) is 0 Å². The summed E-state index contributed by atoms with van der Waals surface area (Å²) >= 11 is 1.63. The lowest BCUT2D eigenvalue weighted by Gasteiger charge is -2.52. The van der Waals surface area contributed by atoms with Gasteiger partial charge in [-0.2, -0.15) is 0 Å². The molecule has 0 aromatic carbocycles. The molecule has 5 aliphatic rings. The first-order valence-corrected chi connectivity index (χ1v) is 9.37. The van der Waals surface area contributed by atoms with Crippen molar-refractivity contribution in [3.8, 4) is 0 Å². The first-order chi connectivity index (χ1) is 11.1. The molecule has 5 rings (SSSR count). The summed E-state index contributed by atoms with van der Waals surface area (Å²) in [5.41, 5.74) is 2.40. The predicted octanol–water partition coefficient (Wildman–Crippen LogP) is 3.09. The van der Waals surface area contributed by atoms with E-state index in [4.69, 9.17) is 9.47 Å². The molecule has 1 aliphatic heterocycles. The van der Waals surface area contributed by atoms with Crippen LogP contribution < -0.4 is 0 Å². The molecule has 4 nitrogen and oxygen atoms in total. The van der Waals surface area contributed by atoms with Crippen LogP contribution in [0.1, 0.15) is 32.1 Å². The van der Waals surface area contributed by atoms with Crippen molar-refractivity contribution in [1.29, 1.82) is 0 Å². The minimum Gasteiger partial charge on any atom is -0.466 e. The topological polar surface area (TPSA) is 52.6 Å². The molecule has 0 aromatic rings. The number of ether oxygens (including phenoxy) is 2. The molecule has 4 bridgehead atoms. The highest BCUT2D eigenvalue weighted by Gasteiger charge is 2.48. The third kappa shape index (κ3) is 2.35. The Balaban J connectivity index is 1.80. The van der Waals surface area contributed by atoms with Crippen molar-refractivity contribution in [3.05, 3.63) is 21.6 Å². The molecule has 5 heteroatoms. The van der Waals surface area contributed by atoms with Gasteiger partial charge in [-0.05, 0) is 61.3 Å². The Morgan fingerprint density at radius 2 is 1.48 bits per heavy atom. The molecule has 0 unspecified atom stereocenters. The maximum atomic E-state index is 12.4. The molecule has 0 radical (unpaired) electrons. The number of methoxy groups -OCH3 is 2. The van der Waals surface area contributed by atoms with Crippen LogP contribution in [0.2, 0.25) is 0 Å². The van der Waals surface area contributed by atoms with Crippen LogP contribution in [-0.4, -0.2) is 31.9 Å². The van der Waals surface area contributed by atoms with Gasteiger partial charge >= 0.3 is 11.9 Å². The van der Waals surface area contributed by atoms with E-state index >= 15 is 0 Å². The number of esters is 2. The maximum Gasteiger partial charge on any atom is 0.339 e. The summed E-state index contributed by atoms with van der Waals surface area (Å²) in [4.78, 5) is 25.4. The Morgan fingerprint density at radius 3 is 2.00 bits per heavy atom. The monoisotopic (exact) mass is 334 g/mol. The van der Waals surface area contributed by atoms with Crippen LogP contribution in [0.25, 0.3) is 0 Å². The normalized spacial score (nSPS) is 35.0. The lowest BCUT2D eigenvalue weighted by molar-refractivity contribution is -0.138. The van der Waals surface area contributed by atoms with E-state index in [-0.39, 0.29) is 0 Å². The minimum absolute atomic E-state index is 0.397. The van der Waals surface area contributed by atoms with Crippen molar-refractivity contribution in [2.24, 2.45) is 23.7 Å². The quantitative estimate of drug-likeness (QED) is 0.726. The predicted molar refractivity (Wildman–Crippen MR) is 87.6 cm³/mol. The third-order valence-corrected chi connectivity index (χ3v) is 7.15. The molecule has 4 fully saturated rings. The van der Waals surface area contributed by atoms with E-state index < -0.39 is 11.9 Å². The SMILES string of the molecule is COC(=O)C1=C(C(=O)OC)C(=C2C3CC4CC(C3)CC2C4)SC1. The Labute approximate surface area is 140 Å². The van der Waals surface area contributed by atoms with Crippen molar-refractivity contribution in [2.45, 2.75) is 32.1 Å². The molecule has 1 heterocycles. The van der Waals surface area contributed by atoms with Gasteiger partial charge in [0.25, 0.3) is 0 Å². The van der Waals surface area contributed by atoms with Crippen molar-refractivity contribution in [1.82, 2.24) is 0 Å². The maximum absolute atomic E-state index is 12.4. The Morgan fingerprint density at radius 1 is 0.913 bits per heavy atom. The van der Waals surface area contributed by atoms with Crippen LogP contribution >= 0.6 is 11.8 Å². The van der Waals surface area contributed by atoms with Gasteiger partial charge in [-0.15, -0.1) is 11.8 Å². The van der Waals surface area contributed by atoms with Crippen LogP contribution in [0.4, 0.5) is 0 Å². The van der Waals surface area contributed by atoms with Gasteiger partial charge in [0, 0.05) is 10.7 Å². The number of carbonyl (C=O) groups excluding carboxylic acids is 2. The number of hydrogen-bond acceptors (Lipinski definition) is 5. The van der Waals surface area contributed by atoms with Gasteiger partial charge in [0.1, 0.15) is 0 Å². The van der Waals surface area contributed by atoms with Crippen LogP contribution in [0.3, 0.4) is 0 Å². The highest BCUT2D eigenvalue weighted by molar-refractivity contribution is 8.04. The summed E-state index contributed by atoms with van der Waals surface area (Å²) < 4.78 is 9.85. The lowest BCUT2D eigenvalue weighted by Crippen LogP contribution is -2.41. The molecule has 0 N–H and O–H groups in total. The number of hydrogen-bond donors (Lipinski definition) is 0. The van der Waals surface area contributed by atoms with Gasteiger partial charge in [-0.3, -0.25) is 0 Å². The van der Waals surface area contributed by atoms with E-state index in [1.807, 2.05) is 0 Å².